The van der Waals surface area contributed by atoms with Gasteiger partial charge in [0.2, 0.25) is 0 Å². The standard InChI is InChI=1S/C15H28N4O3S/c1-3-16-13(17-10-15(21)6-9-23-11-15)18-12-4-7-19(8-5-12)14(20)22-2/h12,21H,3-11H2,1-2H3,(H2,16,17,18). The molecule has 0 aromatic rings. The predicted molar refractivity (Wildman–Crippen MR) is 93.0 cm³/mol. The number of hydrogen-bond acceptors (Lipinski definition) is 5. The molecule has 0 aromatic heterocycles. The first-order valence-electron chi connectivity index (χ1n) is 8.24. The summed E-state index contributed by atoms with van der Waals surface area (Å²) >= 11 is 1.78. The fourth-order valence-electron chi connectivity index (χ4n) is 2.80. The number of piperidine rings is 1. The minimum absolute atomic E-state index is 0.259. The van der Waals surface area contributed by atoms with E-state index in [2.05, 4.69) is 15.6 Å². The molecule has 7 nitrogen and oxygen atoms in total. The highest BCUT2D eigenvalue weighted by atomic mass is 32.2. The number of nitrogens with one attached hydrogen (secondary N) is 2. The Kier molecular flexibility index (Phi) is 6.83. The number of carbonyl (C=O) groups excluding carboxylic acids is 1. The molecule has 2 aliphatic heterocycles. The molecule has 1 atom stereocenters. The first-order chi connectivity index (χ1) is 11.1. The van der Waals surface area contributed by atoms with Gasteiger partial charge in [-0.15, -0.1) is 0 Å². The van der Waals surface area contributed by atoms with Crippen molar-refractivity contribution in [3.63, 3.8) is 0 Å². The molecular formula is C15H28N4O3S. The van der Waals surface area contributed by atoms with Gasteiger partial charge >= 0.3 is 6.09 Å². The van der Waals surface area contributed by atoms with Crippen LogP contribution >= 0.6 is 11.8 Å². The van der Waals surface area contributed by atoms with E-state index in [4.69, 9.17) is 4.74 Å². The first-order valence-corrected chi connectivity index (χ1v) is 9.39. The molecule has 3 N–H and O–H groups in total. The molecule has 0 spiro atoms. The Hall–Kier alpha value is -1.15. The quantitative estimate of drug-likeness (QED) is 0.513. The van der Waals surface area contributed by atoms with E-state index in [9.17, 15) is 9.90 Å². The maximum Gasteiger partial charge on any atom is 0.409 e. The van der Waals surface area contributed by atoms with Gasteiger partial charge in [0.05, 0.1) is 19.3 Å². The monoisotopic (exact) mass is 344 g/mol. The number of thioether (sulfide) groups is 1. The summed E-state index contributed by atoms with van der Waals surface area (Å²) in [7, 11) is 1.41. The lowest BCUT2D eigenvalue weighted by Crippen LogP contribution is -2.50. The molecule has 2 aliphatic rings. The van der Waals surface area contributed by atoms with Gasteiger partial charge in [-0.05, 0) is 31.9 Å². The van der Waals surface area contributed by atoms with Gasteiger partial charge in [-0.3, -0.25) is 4.99 Å². The Labute approximate surface area is 142 Å². The van der Waals surface area contributed by atoms with Crippen LogP contribution in [0.4, 0.5) is 4.79 Å². The molecule has 0 aliphatic carbocycles. The van der Waals surface area contributed by atoms with E-state index in [1.54, 1.807) is 16.7 Å². The molecule has 0 aromatic carbocycles. The lowest BCUT2D eigenvalue weighted by Gasteiger charge is -2.32. The number of nitrogens with zero attached hydrogens (tertiary/aromatic N) is 2. The maximum absolute atomic E-state index is 11.5. The van der Waals surface area contributed by atoms with Gasteiger partial charge in [0.25, 0.3) is 0 Å². The molecule has 2 rings (SSSR count). The first kappa shape index (κ1) is 18.2. The second-order valence-electron chi connectivity index (χ2n) is 6.10. The zero-order chi connectivity index (χ0) is 16.7. The molecular weight excluding hydrogens is 316 g/mol. The van der Waals surface area contributed by atoms with Crippen molar-refractivity contribution in [1.29, 1.82) is 0 Å². The SMILES string of the molecule is CCNC(=NCC1(O)CCSC1)NC1CCN(C(=O)OC)CC1. The van der Waals surface area contributed by atoms with Gasteiger partial charge in [-0.1, -0.05) is 0 Å². The Morgan fingerprint density at radius 1 is 1.48 bits per heavy atom. The van der Waals surface area contributed by atoms with Crippen LogP contribution in [0.3, 0.4) is 0 Å². The third-order valence-electron chi connectivity index (χ3n) is 4.23. The second kappa shape index (κ2) is 8.63. The van der Waals surface area contributed by atoms with E-state index in [-0.39, 0.29) is 12.1 Å². The van der Waals surface area contributed by atoms with Gasteiger partial charge in [0.15, 0.2) is 5.96 Å². The topological polar surface area (TPSA) is 86.2 Å². The smallest absolute Gasteiger partial charge is 0.409 e. The number of amides is 1. The summed E-state index contributed by atoms with van der Waals surface area (Å²) in [6, 6.07) is 0.279. The largest absolute Gasteiger partial charge is 0.453 e. The van der Waals surface area contributed by atoms with Crippen molar-refractivity contribution in [3.05, 3.63) is 0 Å². The fraction of sp³-hybridized carbons (Fsp3) is 0.867. The highest BCUT2D eigenvalue weighted by molar-refractivity contribution is 7.99. The van der Waals surface area contributed by atoms with E-state index in [0.29, 0.717) is 19.6 Å². The third kappa shape index (κ3) is 5.46. The van der Waals surface area contributed by atoms with E-state index in [1.165, 1.54) is 7.11 Å². The number of guanidine groups is 1. The van der Waals surface area contributed by atoms with Crippen molar-refractivity contribution in [2.24, 2.45) is 4.99 Å². The minimum atomic E-state index is -0.665. The molecule has 0 bridgehead atoms. The Bertz CT molecular complexity index is 419. The number of rotatable bonds is 4. The molecule has 23 heavy (non-hydrogen) atoms. The summed E-state index contributed by atoms with van der Waals surface area (Å²) in [6.45, 7) is 4.60. The molecule has 132 valence electrons. The zero-order valence-corrected chi connectivity index (χ0v) is 14.8. The summed E-state index contributed by atoms with van der Waals surface area (Å²) < 4.78 is 4.75. The van der Waals surface area contributed by atoms with Crippen LogP contribution in [0.15, 0.2) is 4.99 Å². The summed E-state index contributed by atoms with van der Waals surface area (Å²) in [5, 5.41) is 17.0. The van der Waals surface area contributed by atoms with Crippen molar-refractivity contribution in [2.75, 3.05) is 44.8 Å². The zero-order valence-electron chi connectivity index (χ0n) is 14.0. The van der Waals surface area contributed by atoms with Crippen LogP contribution in [0, 0.1) is 0 Å². The second-order valence-corrected chi connectivity index (χ2v) is 7.20. The van der Waals surface area contributed by atoms with Crippen molar-refractivity contribution in [1.82, 2.24) is 15.5 Å². The molecule has 0 saturated carbocycles. The average Bonchev–Trinajstić information content (AvgIpc) is 3.00. The molecule has 8 heteroatoms. The number of aliphatic imine (C=N–C) groups is 1. The highest BCUT2D eigenvalue weighted by Crippen LogP contribution is 2.27. The molecule has 2 saturated heterocycles. The summed E-state index contributed by atoms with van der Waals surface area (Å²) in [5.41, 5.74) is -0.665. The summed E-state index contributed by atoms with van der Waals surface area (Å²) in [4.78, 5) is 17.8. The fourth-order valence-corrected chi connectivity index (χ4v) is 4.08. The number of carbonyl (C=O) groups is 1. The van der Waals surface area contributed by atoms with E-state index >= 15 is 0 Å². The van der Waals surface area contributed by atoms with Crippen LogP contribution in [0.5, 0.6) is 0 Å². The van der Waals surface area contributed by atoms with E-state index in [0.717, 1.165) is 43.3 Å². The highest BCUT2D eigenvalue weighted by Gasteiger charge is 2.31. The summed E-state index contributed by atoms with van der Waals surface area (Å²) in [6.07, 6.45) is 2.27. The van der Waals surface area contributed by atoms with Crippen molar-refractivity contribution in [3.8, 4) is 0 Å². The minimum Gasteiger partial charge on any atom is -0.453 e. The van der Waals surface area contributed by atoms with E-state index < -0.39 is 5.60 Å². The van der Waals surface area contributed by atoms with Gasteiger partial charge in [0, 0.05) is 31.4 Å². The van der Waals surface area contributed by atoms with Crippen LogP contribution in [-0.4, -0.2) is 78.5 Å². The summed E-state index contributed by atoms with van der Waals surface area (Å²) in [5.74, 6) is 2.50. The van der Waals surface area contributed by atoms with E-state index in [1.807, 2.05) is 6.92 Å². The Morgan fingerprint density at radius 2 is 2.22 bits per heavy atom. The molecule has 2 fully saturated rings. The Balaban J connectivity index is 1.83. The number of methoxy groups -OCH3 is 1. The maximum atomic E-state index is 11.5. The van der Waals surface area contributed by atoms with Crippen LogP contribution in [-0.2, 0) is 4.74 Å². The van der Waals surface area contributed by atoms with Crippen LogP contribution in [0.2, 0.25) is 0 Å². The van der Waals surface area contributed by atoms with Gasteiger partial charge in [-0.2, -0.15) is 11.8 Å². The van der Waals surface area contributed by atoms with Crippen LogP contribution < -0.4 is 10.6 Å². The molecule has 2 heterocycles. The lowest BCUT2D eigenvalue weighted by molar-refractivity contribution is 0.0777. The van der Waals surface area contributed by atoms with Crippen molar-refractivity contribution in [2.45, 2.75) is 37.8 Å². The van der Waals surface area contributed by atoms with Crippen molar-refractivity contribution < 1.29 is 14.6 Å². The predicted octanol–water partition coefficient (Wildman–Crippen LogP) is 0.640. The number of likely N-dealkylation sites (tertiary alicyclic amines) is 1. The molecule has 1 unspecified atom stereocenters. The van der Waals surface area contributed by atoms with Gasteiger partial charge < -0.3 is 25.4 Å². The van der Waals surface area contributed by atoms with Gasteiger partial charge in [0.1, 0.15) is 0 Å². The van der Waals surface area contributed by atoms with Crippen LogP contribution in [0.25, 0.3) is 0 Å². The normalized spacial score (nSPS) is 26.2. The number of aliphatic hydroxyl groups is 1. The average molecular weight is 344 g/mol. The number of ether oxygens (including phenoxy) is 1. The Morgan fingerprint density at radius 3 is 2.78 bits per heavy atom. The van der Waals surface area contributed by atoms with Crippen molar-refractivity contribution >= 4 is 23.8 Å². The number of hydrogen-bond donors (Lipinski definition) is 3. The van der Waals surface area contributed by atoms with Gasteiger partial charge in [-0.25, -0.2) is 4.79 Å². The van der Waals surface area contributed by atoms with Crippen LogP contribution in [0.1, 0.15) is 26.2 Å². The molecule has 1 amide bonds. The lowest BCUT2D eigenvalue weighted by atomic mass is 10.0. The molecule has 0 radical (unpaired) electrons. The third-order valence-corrected chi connectivity index (χ3v) is 5.46.